The highest BCUT2D eigenvalue weighted by atomic mass is 35.5. The molecule has 1 heterocycles. The maximum atomic E-state index is 10.2. The van der Waals surface area contributed by atoms with E-state index in [1.54, 1.807) is 24.4 Å². The predicted molar refractivity (Wildman–Crippen MR) is 46.8 cm³/mol. The number of carboxylic acid groups (broad SMARTS) is 1. The number of carbonyl (C=O) groups is 1. The smallest absolute Gasteiger partial charge is 0.308 e. The third-order valence-corrected chi connectivity index (χ3v) is 1.46. The Labute approximate surface area is 80.1 Å². The Kier molecular flexibility index (Phi) is 3.52. The van der Waals surface area contributed by atoms with Gasteiger partial charge in [0.25, 0.3) is 0 Å². The van der Waals surface area contributed by atoms with Crippen molar-refractivity contribution in [3.63, 3.8) is 0 Å². The monoisotopic (exact) mass is 201 g/mol. The van der Waals surface area contributed by atoms with E-state index < -0.39 is 11.5 Å². The second-order valence-corrected chi connectivity index (χ2v) is 2.78. The number of aromatic nitrogens is 1. The van der Waals surface area contributed by atoms with E-state index in [0.717, 1.165) is 0 Å². The minimum Gasteiger partial charge on any atom is -0.481 e. The summed E-state index contributed by atoms with van der Waals surface area (Å²) in [4.78, 5) is 14.0. The van der Waals surface area contributed by atoms with Crippen molar-refractivity contribution in [3.8, 4) is 5.88 Å². The summed E-state index contributed by atoms with van der Waals surface area (Å²) in [5, 5.41) is 8.38. The summed E-state index contributed by atoms with van der Waals surface area (Å²) in [7, 11) is 0. The first-order valence-corrected chi connectivity index (χ1v) is 4.05. The van der Waals surface area contributed by atoms with E-state index >= 15 is 0 Å². The second-order valence-electron chi connectivity index (χ2n) is 2.29. The number of aliphatic carboxylic acids is 1. The van der Waals surface area contributed by atoms with Crippen LogP contribution in [0.4, 0.5) is 0 Å². The highest BCUT2D eigenvalue weighted by molar-refractivity contribution is 6.20. The van der Waals surface area contributed by atoms with Gasteiger partial charge in [0.15, 0.2) is 5.56 Å². The van der Waals surface area contributed by atoms with Crippen LogP contribution in [-0.2, 0) is 4.79 Å². The number of nitrogens with zero attached hydrogens (tertiary/aromatic N) is 1. The molecule has 0 saturated carbocycles. The third-order valence-electron chi connectivity index (χ3n) is 1.22. The molecule has 4 nitrogen and oxygen atoms in total. The van der Waals surface area contributed by atoms with Crippen LogP contribution in [0.15, 0.2) is 24.4 Å². The molecule has 1 rings (SSSR count). The summed E-state index contributed by atoms with van der Waals surface area (Å²) in [6.07, 6.45) is 1.29. The van der Waals surface area contributed by atoms with Crippen molar-refractivity contribution < 1.29 is 14.6 Å². The van der Waals surface area contributed by atoms with Gasteiger partial charge in [-0.15, -0.1) is 0 Å². The van der Waals surface area contributed by atoms with E-state index in [4.69, 9.17) is 21.4 Å². The lowest BCUT2D eigenvalue weighted by atomic mass is 10.4. The van der Waals surface area contributed by atoms with Crippen LogP contribution in [-0.4, -0.2) is 21.6 Å². The van der Waals surface area contributed by atoms with E-state index in [2.05, 4.69) is 4.98 Å². The van der Waals surface area contributed by atoms with Gasteiger partial charge in [-0.25, -0.2) is 4.98 Å². The standard InChI is InChI=1S/C8H8ClNO3/c9-6(5-8(11)12)13-7-3-1-2-4-10-7/h1-4,6H,5H2,(H,11,12). The molecule has 1 N–H and O–H groups in total. The first kappa shape index (κ1) is 9.80. The van der Waals surface area contributed by atoms with Gasteiger partial charge in [-0.2, -0.15) is 0 Å². The Bertz CT molecular complexity index is 278. The highest BCUT2D eigenvalue weighted by Gasteiger charge is 2.11. The molecule has 0 amide bonds. The average molecular weight is 202 g/mol. The van der Waals surface area contributed by atoms with Crippen molar-refractivity contribution in [3.05, 3.63) is 24.4 Å². The zero-order valence-electron chi connectivity index (χ0n) is 6.68. The lowest BCUT2D eigenvalue weighted by Crippen LogP contribution is -2.14. The number of hydrogen-bond acceptors (Lipinski definition) is 3. The Balaban J connectivity index is 2.45. The molecular weight excluding hydrogens is 194 g/mol. The zero-order valence-corrected chi connectivity index (χ0v) is 7.44. The Hall–Kier alpha value is -1.29. The molecular formula is C8H8ClNO3. The summed E-state index contributed by atoms with van der Waals surface area (Å²) in [5.41, 5.74) is -0.882. The molecule has 13 heavy (non-hydrogen) atoms. The second kappa shape index (κ2) is 4.67. The lowest BCUT2D eigenvalue weighted by Gasteiger charge is -2.08. The molecule has 1 unspecified atom stereocenters. The third kappa shape index (κ3) is 3.75. The largest absolute Gasteiger partial charge is 0.481 e. The van der Waals surface area contributed by atoms with Gasteiger partial charge in [-0.3, -0.25) is 4.79 Å². The average Bonchev–Trinajstić information content (AvgIpc) is 2.04. The summed E-state index contributed by atoms with van der Waals surface area (Å²) in [6, 6.07) is 5.07. The van der Waals surface area contributed by atoms with Gasteiger partial charge >= 0.3 is 5.97 Å². The van der Waals surface area contributed by atoms with Crippen LogP contribution in [0.3, 0.4) is 0 Å². The van der Waals surface area contributed by atoms with Crippen molar-refractivity contribution in [1.82, 2.24) is 4.98 Å². The van der Waals surface area contributed by atoms with Crippen LogP contribution < -0.4 is 4.74 Å². The van der Waals surface area contributed by atoms with Crippen LogP contribution in [0.5, 0.6) is 5.88 Å². The van der Waals surface area contributed by atoms with Crippen molar-refractivity contribution >= 4 is 17.6 Å². The van der Waals surface area contributed by atoms with Crippen LogP contribution in [0, 0.1) is 0 Å². The number of carboxylic acids is 1. The molecule has 0 saturated heterocycles. The van der Waals surface area contributed by atoms with Gasteiger partial charge in [-0.05, 0) is 6.07 Å². The quantitative estimate of drug-likeness (QED) is 0.750. The zero-order chi connectivity index (χ0) is 9.68. The number of halogens is 1. The van der Waals surface area contributed by atoms with Gasteiger partial charge < -0.3 is 9.84 Å². The van der Waals surface area contributed by atoms with Crippen LogP contribution in [0.1, 0.15) is 6.42 Å². The molecule has 0 aliphatic heterocycles. The molecule has 5 heteroatoms. The fourth-order valence-corrected chi connectivity index (χ4v) is 0.950. The minimum atomic E-state index is -1.00. The van der Waals surface area contributed by atoms with Crippen molar-refractivity contribution in [2.45, 2.75) is 12.0 Å². The first-order valence-electron chi connectivity index (χ1n) is 3.62. The van der Waals surface area contributed by atoms with Gasteiger partial charge in [-0.1, -0.05) is 17.7 Å². The number of hydrogen-bond donors (Lipinski definition) is 1. The van der Waals surface area contributed by atoms with Crippen molar-refractivity contribution in [1.29, 1.82) is 0 Å². The number of rotatable bonds is 4. The van der Waals surface area contributed by atoms with Crippen molar-refractivity contribution in [2.24, 2.45) is 0 Å². The minimum absolute atomic E-state index is 0.252. The SMILES string of the molecule is O=C(O)CC(Cl)Oc1ccccn1. The molecule has 0 aliphatic carbocycles. The fourth-order valence-electron chi connectivity index (χ4n) is 0.727. The molecule has 70 valence electrons. The lowest BCUT2D eigenvalue weighted by molar-refractivity contribution is -0.137. The molecule has 0 spiro atoms. The van der Waals surface area contributed by atoms with E-state index in [-0.39, 0.29) is 6.42 Å². The number of pyridine rings is 1. The molecule has 1 aromatic rings. The predicted octanol–water partition coefficient (Wildman–Crippen LogP) is 1.50. The Morgan fingerprint density at radius 2 is 2.46 bits per heavy atom. The highest BCUT2D eigenvalue weighted by Crippen LogP contribution is 2.11. The Morgan fingerprint density at radius 3 is 3.00 bits per heavy atom. The van der Waals surface area contributed by atoms with Crippen LogP contribution in [0.2, 0.25) is 0 Å². The fraction of sp³-hybridized carbons (Fsp3) is 0.250. The first-order chi connectivity index (χ1) is 6.18. The topological polar surface area (TPSA) is 59.4 Å². The summed E-state index contributed by atoms with van der Waals surface area (Å²) in [6.45, 7) is 0. The normalized spacial score (nSPS) is 12.1. The van der Waals surface area contributed by atoms with Crippen LogP contribution in [0.25, 0.3) is 0 Å². The van der Waals surface area contributed by atoms with Gasteiger partial charge in [0, 0.05) is 12.3 Å². The molecule has 0 bridgehead atoms. The summed E-state index contributed by atoms with van der Waals surface area (Å²) >= 11 is 5.57. The molecule has 1 atom stereocenters. The molecule has 0 aromatic carbocycles. The van der Waals surface area contributed by atoms with Gasteiger partial charge in [0.1, 0.15) is 0 Å². The molecule has 0 fully saturated rings. The van der Waals surface area contributed by atoms with Gasteiger partial charge in [0.05, 0.1) is 6.42 Å². The molecule has 0 radical (unpaired) electrons. The maximum Gasteiger partial charge on any atom is 0.308 e. The Morgan fingerprint density at radius 1 is 1.69 bits per heavy atom. The van der Waals surface area contributed by atoms with Crippen molar-refractivity contribution in [2.75, 3.05) is 0 Å². The maximum absolute atomic E-state index is 10.2. The van der Waals surface area contributed by atoms with E-state index in [0.29, 0.717) is 5.88 Å². The molecule has 0 aliphatic rings. The molecule has 1 aromatic heterocycles. The number of ether oxygens (including phenoxy) is 1. The summed E-state index contributed by atoms with van der Waals surface area (Å²) in [5.74, 6) is -0.681. The number of alkyl halides is 1. The van der Waals surface area contributed by atoms with E-state index in [1.807, 2.05) is 0 Å². The van der Waals surface area contributed by atoms with E-state index in [1.165, 1.54) is 0 Å². The van der Waals surface area contributed by atoms with E-state index in [9.17, 15) is 4.79 Å². The summed E-state index contributed by atoms with van der Waals surface area (Å²) < 4.78 is 5.00. The van der Waals surface area contributed by atoms with Crippen LogP contribution >= 0.6 is 11.6 Å². The van der Waals surface area contributed by atoms with Gasteiger partial charge in [0.2, 0.25) is 5.88 Å².